The maximum absolute atomic E-state index is 8.32. The summed E-state index contributed by atoms with van der Waals surface area (Å²) in [7, 11) is 0. The van der Waals surface area contributed by atoms with Gasteiger partial charge in [-0.05, 0) is 0 Å². The number of aliphatic hydroxyl groups is 1. The summed E-state index contributed by atoms with van der Waals surface area (Å²) in [6.45, 7) is 1.13. The van der Waals surface area contributed by atoms with Crippen molar-refractivity contribution in [3.8, 4) is 0 Å². The van der Waals surface area contributed by atoms with Crippen LogP contribution in [0, 0.1) is 0 Å². The molecule has 0 spiro atoms. The molecule has 1 N–H and O–H groups in total. The van der Waals surface area contributed by atoms with Gasteiger partial charge in [-0.15, -0.1) is 0 Å². The van der Waals surface area contributed by atoms with E-state index in [4.69, 9.17) is 8.42 Å². The van der Waals surface area contributed by atoms with Crippen LogP contribution in [-0.2, 0) is 24.1 Å². The molecular formula is C5H11O2Ti. The van der Waals surface area contributed by atoms with Crippen LogP contribution in [0.25, 0.3) is 0 Å². The first kappa shape index (κ1) is 8.63. The molecule has 0 saturated heterocycles. The van der Waals surface area contributed by atoms with Crippen LogP contribution in [-0.4, -0.2) is 18.3 Å². The fourth-order valence-corrected chi connectivity index (χ4v) is 0.688. The van der Waals surface area contributed by atoms with E-state index in [9.17, 15) is 0 Å². The molecular weight excluding hydrogens is 140 g/mol. The average Bonchev–Trinajstić information content (AvgIpc) is 1.81. The van der Waals surface area contributed by atoms with Crippen molar-refractivity contribution in [2.24, 2.45) is 0 Å². The van der Waals surface area contributed by atoms with Crippen molar-refractivity contribution >= 4 is 0 Å². The predicted molar refractivity (Wildman–Crippen MR) is 26.9 cm³/mol. The molecule has 0 amide bonds. The molecule has 0 aliphatic carbocycles. The molecule has 8 heavy (non-hydrogen) atoms. The minimum atomic E-state index is 0.309. The second-order valence-corrected chi connectivity index (χ2v) is 2.08. The van der Waals surface area contributed by atoms with Gasteiger partial charge < -0.3 is 0 Å². The van der Waals surface area contributed by atoms with Gasteiger partial charge >= 0.3 is 61.7 Å². The normalized spacial score (nSPS) is 9.50. The Hall–Kier alpha value is 0.634. The summed E-state index contributed by atoms with van der Waals surface area (Å²) in [4.78, 5) is 0. The van der Waals surface area contributed by atoms with Gasteiger partial charge in [0.25, 0.3) is 0 Å². The summed E-state index contributed by atoms with van der Waals surface area (Å²) in [6, 6.07) is 0. The third-order valence-electron chi connectivity index (χ3n) is 0.905. The van der Waals surface area contributed by atoms with Gasteiger partial charge in [0.15, 0.2) is 0 Å². The predicted octanol–water partition coefficient (Wildman–Crippen LogP) is 0.627. The Kier molecular flexibility index (Phi) is 8.24. The summed E-state index contributed by atoms with van der Waals surface area (Å²) in [5.74, 6) is 0. The first-order valence-electron chi connectivity index (χ1n) is 2.81. The fraction of sp³-hybridized carbons (Fsp3) is 1.00. The standard InChI is InChI=1S/C5H11O2.Ti/c6-4-2-1-3-5-7;/h6H,1-5H2;/q-1;+1. The molecule has 2 nitrogen and oxygen atoms in total. The van der Waals surface area contributed by atoms with Crippen LogP contribution in [0.1, 0.15) is 19.3 Å². The van der Waals surface area contributed by atoms with Crippen LogP contribution in [0.3, 0.4) is 0 Å². The van der Waals surface area contributed by atoms with E-state index >= 15 is 0 Å². The molecule has 0 bridgehead atoms. The van der Waals surface area contributed by atoms with Crippen LogP contribution in [0.4, 0.5) is 0 Å². The molecule has 0 fully saturated rings. The van der Waals surface area contributed by atoms with Crippen molar-refractivity contribution in [3.05, 3.63) is 0 Å². The third kappa shape index (κ3) is 6.63. The minimum absolute atomic E-state index is 0.309. The van der Waals surface area contributed by atoms with Crippen molar-refractivity contribution in [1.29, 1.82) is 0 Å². The molecule has 0 aromatic heterocycles. The van der Waals surface area contributed by atoms with Crippen molar-refractivity contribution in [2.75, 3.05) is 13.2 Å². The fourth-order valence-electron chi connectivity index (χ4n) is 0.463. The Bertz CT molecular complexity index is 35.4. The Balaban J connectivity index is 2.53. The summed E-state index contributed by atoms with van der Waals surface area (Å²) < 4.78 is 4.81. The second-order valence-electron chi connectivity index (χ2n) is 1.63. The maximum atomic E-state index is 8.32. The summed E-state index contributed by atoms with van der Waals surface area (Å²) in [5, 5.41) is 8.32. The zero-order valence-corrected chi connectivity index (χ0v) is 6.45. The average molecular weight is 151 g/mol. The quantitative estimate of drug-likeness (QED) is 0.461. The van der Waals surface area contributed by atoms with Crippen molar-refractivity contribution < 1.29 is 29.2 Å². The number of hydrogen-bond donors (Lipinski definition) is 1. The number of hydrogen-bond acceptors (Lipinski definition) is 2. The molecule has 0 atom stereocenters. The van der Waals surface area contributed by atoms with Crippen molar-refractivity contribution in [2.45, 2.75) is 19.3 Å². The summed E-state index contributed by atoms with van der Waals surface area (Å²) in [6.07, 6.45) is 3.05. The molecule has 0 unspecified atom stereocenters. The monoisotopic (exact) mass is 151 g/mol. The molecule has 3 heteroatoms. The van der Waals surface area contributed by atoms with E-state index in [-0.39, 0.29) is 0 Å². The molecule has 0 aliphatic heterocycles. The van der Waals surface area contributed by atoms with Crippen molar-refractivity contribution in [3.63, 3.8) is 0 Å². The topological polar surface area (TPSA) is 29.5 Å². The Labute approximate surface area is 62.1 Å². The molecule has 0 aromatic rings. The molecule has 0 rings (SSSR count). The van der Waals surface area contributed by atoms with Gasteiger partial charge in [-0.3, -0.25) is 0 Å². The number of rotatable bonds is 5. The van der Waals surface area contributed by atoms with E-state index in [0.717, 1.165) is 25.9 Å². The van der Waals surface area contributed by atoms with Gasteiger partial charge in [0.2, 0.25) is 0 Å². The van der Waals surface area contributed by atoms with E-state index in [1.54, 1.807) is 20.8 Å². The van der Waals surface area contributed by atoms with E-state index in [0.29, 0.717) is 6.61 Å². The van der Waals surface area contributed by atoms with Gasteiger partial charge in [-0.1, -0.05) is 0 Å². The van der Waals surface area contributed by atoms with Crippen LogP contribution in [0.5, 0.6) is 0 Å². The van der Waals surface area contributed by atoms with E-state index in [1.807, 2.05) is 0 Å². The van der Waals surface area contributed by atoms with Gasteiger partial charge in [-0.2, -0.15) is 0 Å². The SMILES string of the molecule is OCCCCC[O][Ti]. The molecule has 0 heterocycles. The molecule has 0 aliphatic rings. The molecule has 0 radical (unpaired) electrons. The number of aliphatic hydroxyl groups excluding tert-OH is 1. The molecule has 0 saturated carbocycles. The van der Waals surface area contributed by atoms with E-state index < -0.39 is 0 Å². The van der Waals surface area contributed by atoms with Gasteiger partial charge in [0.05, 0.1) is 0 Å². The van der Waals surface area contributed by atoms with Crippen LogP contribution < -0.4 is 0 Å². The summed E-state index contributed by atoms with van der Waals surface area (Å²) in [5.41, 5.74) is 0. The Morgan fingerprint density at radius 3 is 2.50 bits per heavy atom. The second kappa shape index (κ2) is 7.63. The summed E-state index contributed by atoms with van der Waals surface area (Å²) >= 11 is 1.69. The van der Waals surface area contributed by atoms with E-state index in [1.165, 1.54) is 0 Å². The van der Waals surface area contributed by atoms with Gasteiger partial charge in [0, 0.05) is 0 Å². The third-order valence-corrected chi connectivity index (χ3v) is 1.22. The first-order valence-corrected chi connectivity index (χ1v) is 3.45. The van der Waals surface area contributed by atoms with Crippen LogP contribution in [0.15, 0.2) is 0 Å². The zero-order chi connectivity index (χ0) is 6.24. The van der Waals surface area contributed by atoms with Gasteiger partial charge in [-0.25, -0.2) is 0 Å². The van der Waals surface area contributed by atoms with Crippen molar-refractivity contribution in [1.82, 2.24) is 0 Å². The van der Waals surface area contributed by atoms with Gasteiger partial charge in [0.1, 0.15) is 0 Å². The first-order chi connectivity index (χ1) is 3.91. The van der Waals surface area contributed by atoms with E-state index in [2.05, 4.69) is 0 Å². The molecule has 47 valence electrons. The molecule has 0 aromatic carbocycles. The Morgan fingerprint density at radius 2 is 2.00 bits per heavy atom. The Morgan fingerprint density at radius 1 is 1.25 bits per heavy atom. The van der Waals surface area contributed by atoms with Crippen LogP contribution in [0.2, 0.25) is 0 Å². The van der Waals surface area contributed by atoms with Crippen LogP contribution >= 0.6 is 0 Å². The number of unbranched alkanes of at least 4 members (excludes halogenated alkanes) is 2. The zero-order valence-electron chi connectivity index (χ0n) is 4.89.